The van der Waals surface area contributed by atoms with Gasteiger partial charge >= 0.3 is 17.9 Å². The molecule has 1 aromatic carbocycles. The molecule has 0 aliphatic heterocycles. The highest BCUT2D eigenvalue weighted by Crippen LogP contribution is 2.02. The minimum atomic E-state index is -0.866. The second kappa shape index (κ2) is 28.5. The fourth-order valence-electron chi connectivity index (χ4n) is 3.10. The van der Waals surface area contributed by atoms with Gasteiger partial charge in [-0.3, -0.25) is 9.59 Å². The molecule has 13 heteroatoms. The number of carbonyl (C=O) groups excluding carboxylic acids is 2. The van der Waals surface area contributed by atoms with E-state index in [-0.39, 0.29) is 44.6 Å². The number of ether oxygens (including phenoxy) is 9. The van der Waals surface area contributed by atoms with Crippen molar-refractivity contribution >= 4 is 17.9 Å². The lowest BCUT2D eigenvalue weighted by atomic mass is 10.2. The number of carboxylic acid groups (broad SMARTS) is 1. The molecule has 13 nitrogen and oxygen atoms in total. The van der Waals surface area contributed by atoms with Gasteiger partial charge in [-0.1, -0.05) is 18.2 Å². The predicted octanol–water partition coefficient (Wildman–Crippen LogP) is 2.15. The molecule has 0 heterocycles. The molecule has 0 saturated heterocycles. The van der Waals surface area contributed by atoms with Crippen LogP contribution in [-0.4, -0.2) is 129 Å². The highest BCUT2D eigenvalue weighted by Gasteiger charge is 2.05. The lowest BCUT2D eigenvalue weighted by Gasteiger charge is -2.09. The summed E-state index contributed by atoms with van der Waals surface area (Å²) < 4.78 is 47.9. The van der Waals surface area contributed by atoms with Crippen LogP contribution in [0.15, 0.2) is 30.3 Å². The summed E-state index contributed by atoms with van der Waals surface area (Å²) in [5.74, 6) is -1.58. The van der Waals surface area contributed by atoms with E-state index >= 15 is 0 Å². The molecule has 0 radical (unpaired) electrons. The SMILES string of the molecule is O=C(O)CCCCC(=O)OCCOCCOCCOCCOCCOCCOCCOCCOC(=O)c1ccccc1. The van der Waals surface area contributed by atoms with E-state index in [1.165, 1.54) is 0 Å². The van der Waals surface area contributed by atoms with Gasteiger partial charge in [-0.25, -0.2) is 4.79 Å². The molecule has 42 heavy (non-hydrogen) atoms. The number of carbonyl (C=O) groups is 3. The lowest BCUT2D eigenvalue weighted by molar-refractivity contribution is -0.146. The normalized spacial score (nSPS) is 11.0. The molecule has 0 bridgehead atoms. The molecule has 1 aromatic rings. The highest BCUT2D eigenvalue weighted by atomic mass is 16.6. The first kappa shape index (κ1) is 37.4. The van der Waals surface area contributed by atoms with Gasteiger partial charge in [0.25, 0.3) is 0 Å². The molecular formula is C29H46O13. The summed E-state index contributed by atoms with van der Waals surface area (Å²) in [6, 6.07) is 8.81. The van der Waals surface area contributed by atoms with Crippen LogP contribution in [0, 0.1) is 0 Å². The fourth-order valence-corrected chi connectivity index (χ4v) is 3.10. The van der Waals surface area contributed by atoms with Crippen molar-refractivity contribution < 1.29 is 62.1 Å². The van der Waals surface area contributed by atoms with Crippen molar-refractivity contribution in [2.45, 2.75) is 25.7 Å². The van der Waals surface area contributed by atoms with Crippen LogP contribution >= 0.6 is 0 Å². The van der Waals surface area contributed by atoms with Gasteiger partial charge < -0.3 is 47.7 Å². The Labute approximate surface area is 247 Å². The predicted molar refractivity (Wildman–Crippen MR) is 150 cm³/mol. The number of rotatable bonds is 30. The van der Waals surface area contributed by atoms with Crippen LogP contribution in [0.25, 0.3) is 0 Å². The maximum atomic E-state index is 11.8. The van der Waals surface area contributed by atoms with Crippen LogP contribution in [-0.2, 0) is 52.2 Å². The Kier molecular flexibility index (Phi) is 25.3. The van der Waals surface area contributed by atoms with Crippen molar-refractivity contribution in [3.63, 3.8) is 0 Å². The average molecular weight is 603 g/mol. The standard InChI is InChI=1S/C29H46O13/c30-27(31)8-4-5-9-28(32)41-24-22-39-20-18-37-16-14-35-12-10-34-11-13-36-15-17-38-19-21-40-23-25-42-29(33)26-6-2-1-3-7-26/h1-3,6-7H,4-5,8-25H2,(H,30,31). The Hall–Kier alpha value is -2.65. The number of esters is 2. The summed E-state index contributed by atoms with van der Waals surface area (Å²) in [7, 11) is 0. The summed E-state index contributed by atoms with van der Waals surface area (Å²) in [5.41, 5.74) is 0.516. The van der Waals surface area contributed by atoms with E-state index in [0.29, 0.717) is 104 Å². The number of benzene rings is 1. The van der Waals surface area contributed by atoms with Gasteiger partial charge in [0, 0.05) is 12.8 Å². The van der Waals surface area contributed by atoms with Crippen LogP contribution in [0.2, 0.25) is 0 Å². The zero-order valence-corrected chi connectivity index (χ0v) is 24.4. The molecule has 0 atom stereocenters. The summed E-state index contributed by atoms with van der Waals surface area (Å²) in [6.45, 7) is 6.18. The van der Waals surface area contributed by atoms with Gasteiger partial charge in [-0.05, 0) is 25.0 Å². The van der Waals surface area contributed by atoms with Crippen LogP contribution in [0.5, 0.6) is 0 Å². The second-order valence-electron chi connectivity index (χ2n) is 8.61. The largest absolute Gasteiger partial charge is 0.481 e. The monoisotopic (exact) mass is 602 g/mol. The minimum Gasteiger partial charge on any atom is -0.481 e. The molecule has 0 unspecified atom stereocenters. The van der Waals surface area contributed by atoms with E-state index in [4.69, 9.17) is 47.7 Å². The minimum absolute atomic E-state index is 0.0577. The Morgan fingerprint density at radius 1 is 0.476 bits per heavy atom. The van der Waals surface area contributed by atoms with Crippen LogP contribution in [0.1, 0.15) is 36.0 Å². The quantitative estimate of drug-likeness (QED) is 0.101. The van der Waals surface area contributed by atoms with Crippen LogP contribution in [0.3, 0.4) is 0 Å². The van der Waals surface area contributed by atoms with Crippen molar-refractivity contribution in [3.05, 3.63) is 35.9 Å². The molecule has 0 aromatic heterocycles. The zero-order chi connectivity index (χ0) is 30.4. The molecular weight excluding hydrogens is 556 g/mol. The number of hydrogen-bond acceptors (Lipinski definition) is 12. The fraction of sp³-hybridized carbons (Fsp3) is 0.690. The van der Waals surface area contributed by atoms with Crippen molar-refractivity contribution in [2.75, 3.05) is 106 Å². The third kappa shape index (κ3) is 25.1. The maximum absolute atomic E-state index is 11.8. The van der Waals surface area contributed by atoms with E-state index < -0.39 is 5.97 Å². The van der Waals surface area contributed by atoms with E-state index in [0.717, 1.165) is 0 Å². The molecule has 240 valence electrons. The Morgan fingerprint density at radius 2 is 0.833 bits per heavy atom. The molecule has 1 rings (SSSR count). The second-order valence-corrected chi connectivity index (χ2v) is 8.61. The molecule has 0 saturated carbocycles. The van der Waals surface area contributed by atoms with Gasteiger partial charge in [0.1, 0.15) is 13.2 Å². The number of unbranched alkanes of at least 4 members (excludes halogenated alkanes) is 1. The molecule has 0 aliphatic rings. The van der Waals surface area contributed by atoms with Crippen molar-refractivity contribution in [3.8, 4) is 0 Å². The Bertz CT molecular complexity index is 791. The first-order chi connectivity index (χ1) is 20.6. The van der Waals surface area contributed by atoms with Crippen molar-refractivity contribution in [2.24, 2.45) is 0 Å². The van der Waals surface area contributed by atoms with Crippen LogP contribution < -0.4 is 0 Å². The highest BCUT2D eigenvalue weighted by molar-refractivity contribution is 5.89. The van der Waals surface area contributed by atoms with Crippen molar-refractivity contribution in [1.29, 1.82) is 0 Å². The Morgan fingerprint density at radius 3 is 1.24 bits per heavy atom. The van der Waals surface area contributed by atoms with Gasteiger partial charge in [0.15, 0.2) is 0 Å². The average Bonchev–Trinajstić information content (AvgIpc) is 2.99. The van der Waals surface area contributed by atoms with E-state index in [2.05, 4.69) is 0 Å². The van der Waals surface area contributed by atoms with E-state index in [9.17, 15) is 14.4 Å². The molecule has 0 aliphatic carbocycles. The maximum Gasteiger partial charge on any atom is 0.338 e. The third-order valence-corrected chi connectivity index (χ3v) is 5.21. The number of hydrogen-bond donors (Lipinski definition) is 1. The Balaban J connectivity index is 1.68. The first-order valence-corrected chi connectivity index (χ1v) is 14.2. The lowest BCUT2D eigenvalue weighted by Crippen LogP contribution is -2.15. The summed E-state index contributed by atoms with van der Waals surface area (Å²) in [5, 5.41) is 8.53. The number of aliphatic carboxylic acids is 1. The van der Waals surface area contributed by atoms with Crippen LogP contribution in [0.4, 0.5) is 0 Å². The molecule has 0 spiro atoms. The van der Waals surface area contributed by atoms with Gasteiger partial charge in [0.2, 0.25) is 0 Å². The van der Waals surface area contributed by atoms with E-state index in [1.54, 1.807) is 24.3 Å². The smallest absolute Gasteiger partial charge is 0.338 e. The topological polar surface area (TPSA) is 155 Å². The van der Waals surface area contributed by atoms with Gasteiger partial charge in [-0.15, -0.1) is 0 Å². The molecule has 0 amide bonds. The van der Waals surface area contributed by atoms with Gasteiger partial charge in [-0.2, -0.15) is 0 Å². The summed E-state index contributed by atoms with van der Waals surface area (Å²) in [6.07, 6.45) is 1.22. The number of carboxylic acids is 1. The summed E-state index contributed by atoms with van der Waals surface area (Å²) >= 11 is 0. The van der Waals surface area contributed by atoms with Gasteiger partial charge in [0.05, 0.1) is 98.1 Å². The van der Waals surface area contributed by atoms with E-state index in [1.807, 2.05) is 6.07 Å². The molecule has 1 N–H and O–H groups in total. The van der Waals surface area contributed by atoms with Crippen molar-refractivity contribution in [1.82, 2.24) is 0 Å². The molecule has 0 fully saturated rings. The summed E-state index contributed by atoms with van der Waals surface area (Å²) in [4.78, 5) is 33.6. The first-order valence-electron chi connectivity index (χ1n) is 14.2. The zero-order valence-electron chi connectivity index (χ0n) is 24.4. The third-order valence-electron chi connectivity index (χ3n) is 5.21.